The molecule has 1 amide bonds. The second-order valence-corrected chi connectivity index (χ2v) is 5.77. The molecule has 1 fully saturated rings. The number of nitrogens with zero attached hydrogens (tertiary/aromatic N) is 4. The van der Waals surface area contributed by atoms with Crippen LogP contribution in [0.2, 0.25) is 0 Å². The lowest BCUT2D eigenvalue weighted by molar-refractivity contribution is -0.111. The highest BCUT2D eigenvalue weighted by Crippen LogP contribution is 2.29. The van der Waals surface area contributed by atoms with Crippen molar-refractivity contribution in [3.05, 3.63) is 42.2 Å². The van der Waals surface area contributed by atoms with Gasteiger partial charge >= 0.3 is 0 Å². The highest BCUT2D eigenvalue weighted by molar-refractivity contribution is 5.92. The molecule has 0 spiro atoms. The van der Waals surface area contributed by atoms with Gasteiger partial charge in [-0.3, -0.25) is 4.79 Å². The van der Waals surface area contributed by atoms with Crippen LogP contribution in [0.25, 0.3) is 5.69 Å². The summed E-state index contributed by atoms with van der Waals surface area (Å²) in [4.78, 5) is 15.3. The molecule has 3 rings (SSSR count). The molecule has 0 unspecified atom stereocenters. The molecule has 0 aliphatic carbocycles. The summed E-state index contributed by atoms with van der Waals surface area (Å²) < 4.78 is 0. The van der Waals surface area contributed by atoms with Crippen LogP contribution in [0.15, 0.2) is 36.5 Å². The van der Waals surface area contributed by atoms with E-state index in [0.717, 1.165) is 5.69 Å². The van der Waals surface area contributed by atoms with Crippen molar-refractivity contribution in [3.63, 3.8) is 0 Å². The Balaban J connectivity index is 1.72. The van der Waals surface area contributed by atoms with E-state index in [9.17, 15) is 9.90 Å². The summed E-state index contributed by atoms with van der Waals surface area (Å²) in [6.07, 6.45) is 1.46. The van der Waals surface area contributed by atoms with Crippen LogP contribution in [0.3, 0.4) is 0 Å². The summed E-state index contributed by atoms with van der Waals surface area (Å²) in [5.74, 6) is -0.0657. The molecule has 1 saturated heterocycles. The fourth-order valence-electron chi connectivity index (χ4n) is 2.33. The van der Waals surface area contributed by atoms with Gasteiger partial charge in [0.15, 0.2) is 5.69 Å². The van der Waals surface area contributed by atoms with E-state index >= 15 is 0 Å². The van der Waals surface area contributed by atoms with Crippen LogP contribution in [0.5, 0.6) is 0 Å². The second kappa shape index (κ2) is 4.96. The molecule has 2 heterocycles. The summed E-state index contributed by atoms with van der Waals surface area (Å²) in [6, 6.07) is 9.42. The van der Waals surface area contributed by atoms with Crippen molar-refractivity contribution in [2.24, 2.45) is 5.92 Å². The number of benzene rings is 1. The maximum atomic E-state index is 12.3. The Morgan fingerprint density at radius 3 is 2.57 bits per heavy atom. The van der Waals surface area contributed by atoms with Crippen molar-refractivity contribution >= 4 is 5.91 Å². The Morgan fingerprint density at radius 1 is 1.29 bits per heavy atom. The zero-order valence-electron chi connectivity index (χ0n) is 12.1. The summed E-state index contributed by atoms with van der Waals surface area (Å²) in [7, 11) is 0. The van der Waals surface area contributed by atoms with Gasteiger partial charge in [-0.2, -0.15) is 9.90 Å². The minimum Gasteiger partial charge on any atom is -0.386 e. The molecule has 1 aromatic carbocycles. The highest BCUT2D eigenvalue weighted by Gasteiger charge is 2.46. The van der Waals surface area contributed by atoms with Crippen LogP contribution in [-0.2, 0) is 0 Å². The maximum Gasteiger partial charge on any atom is 0.276 e. The Labute approximate surface area is 123 Å². The Bertz CT molecular complexity index is 645. The number of carbonyl (C=O) groups is 1. The van der Waals surface area contributed by atoms with Gasteiger partial charge in [-0.25, -0.2) is 0 Å². The van der Waals surface area contributed by atoms with Crippen molar-refractivity contribution in [2.75, 3.05) is 13.1 Å². The van der Waals surface area contributed by atoms with Gasteiger partial charge in [0.05, 0.1) is 25.0 Å². The van der Waals surface area contributed by atoms with E-state index < -0.39 is 5.60 Å². The van der Waals surface area contributed by atoms with Crippen LogP contribution in [0, 0.1) is 5.92 Å². The van der Waals surface area contributed by atoms with Gasteiger partial charge in [-0.15, -0.1) is 5.10 Å². The van der Waals surface area contributed by atoms with Crippen molar-refractivity contribution in [1.82, 2.24) is 19.9 Å². The van der Waals surface area contributed by atoms with Crippen molar-refractivity contribution < 1.29 is 9.90 Å². The number of rotatable bonds is 3. The molecule has 2 aromatic rings. The molecule has 0 atom stereocenters. The molecule has 0 bridgehead atoms. The second-order valence-electron chi connectivity index (χ2n) is 5.77. The Hall–Kier alpha value is -2.21. The van der Waals surface area contributed by atoms with Crippen LogP contribution < -0.4 is 0 Å². The fraction of sp³-hybridized carbons (Fsp3) is 0.400. The van der Waals surface area contributed by atoms with Gasteiger partial charge < -0.3 is 10.0 Å². The van der Waals surface area contributed by atoms with Gasteiger partial charge in [0.1, 0.15) is 5.60 Å². The normalized spacial score (nSPS) is 16.9. The number of likely N-dealkylation sites (tertiary alicyclic amines) is 1. The minimum absolute atomic E-state index is 0.126. The predicted molar refractivity (Wildman–Crippen MR) is 77.1 cm³/mol. The molecule has 1 aliphatic rings. The number of β-amino-alcohol motifs (C(OH)–C–C–N with tert-alkyl or cyclic N) is 1. The molecule has 1 aliphatic heterocycles. The van der Waals surface area contributed by atoms with Gasteiger partial charge in [-0.1, -0.05) is 32.0 Å². The van der Waals surface area contributed by atoms with Gasteiger partial charge in [0, 0.05) is 0 Å². The molecule has 110 valence electrons. The Morgan fingerprint density at radius 2 is 1.95 bits per heavy atom. The first kappa shape index (κ1) is 13.8. The van der Waals surface area contributed by atoms with Gasteiger partial charge in [0.2, 0.25) is 0 Å². The number of amides is 1. The average molecular weight is 286 g/mol. The third-order valence-electron chi connectivity index (χ3n) is 3.99. The SMILES string of the molecule is CC(C)C1(O)CN(C(=O)c2cnn(-c3ccccc3)n2)C1. The largest absolute Gasteiger partial charge is 0.386 e. The van der Waals surface area contributed by atoms with Gasteiger partial charge in [0.25, 0.3) is 5.91 Å². The van der Waals surface area contributed by atoms with E-state index in [4.69, 9.17) is 0 Å². The first-order valence-electron chi connectivity index (χ1n) is 6.99. The lowest BCUT2D eigenvalue weighted by atomic mass is 9.83. The number of aliphatic hydroxyl groups is 1. The molecular weight excluding hydrogens is 268 g/mol. The Kier molecular flexibility index (Phi) is 3.25. The lowest BCUT2D eigenvalue weighted by Crippen LogP contribution is -2.66. The standard InChI is InChI=1S/C15H18N4O2/c1-11(2)15(21)9-18(10-15)14(20)13-8-16-19(17-13)12-6-4-3-5-7-12/h3-8,11,21H,9-10H2,1-2H3. The summed E-state index contributed by atoms with van der Waals surface area (Å²) in [6.45, 7) is 4.60. The molecule has 21 heavy (non-hydrogen) atoms. The topological polar surface area (TPSA) is 71.2 Å². The van der Waals surface area contributed by atoms with Crippen molar-refractivity contribution in [1.29, 1.82) is 0 Å². The smallest absolute Gasteiger partial charge is 0.276 e. The summed E-state index contributed by atoms with van der Waals surface area (Å²) in [5, 5.41) is 18.5. The quantitative estimate of drug-likeness (QED) is 0.917. The van der Waals surface area contributed by atoms with E-state index in [-0.39, 0.29) is 11.8 Å². The molecule has 6 heteroatoms. The third-order valence-corrected chi connectivity index (χ3v) is 3.99. The molecule has 6 nitrogen and oxygen atoms in total. The van der Waals surface area contributed by atoms with Crippen LogP contribution >= 0.6 is 0 Å². The van der Waals surface area contributed by atoms with Gasteiger partial charge in [-0.05, 0) is 18.1 Å². The van der Waals surface area contributed by atoms with Crippen LogP contribution in [0.4, 0.5) is 0 Å². The van der Waals surface area contributed by atoms with Crippen molar-refractivity contribution in [2.45, 2.75) is 19.4 Å². The molecular formula is C15H18N4O2. The van der Waals surface area contributed by atoms with Crippen molar-refractivity contribution in [3.8, 4) is 5.69 Å². The van der Waals surface area contributed by atoms with Crippen LogP contribution in [-0.4, -0.2) is 49.6 Å². The highest BCUT2D eigenvalue weighted by atomic mass is 16.3. The maximum absolute atomic E-state index is 12.3. The molecule has 0 radical (unpaired) electrons. The number of hydrogen-bond acceptors (Lipinski definition) is 4. The van der Waals surface area contributed by atoms with E-state index in [1.54, 1.807) is 4.90 Å². The fourth-order valence-corrected chi connectivity index (χ4v) is 2.33. The van der Waals surface area contributed by atoms with E-state index in [2.05, 4.69) is 10.2 Å². The monoisotopic (exact) mass is 286 g/mol. The first-order chi connectivity index (χ1) is 9.99. The first-order valence-corrected chi connectivity index (χ1v) is 6.99. The lowest BCUT2D eigenvalue weighted by Gasteiger charge is -2.48. The minimum atomic E-state index is -0.773. The van der Waals surface area contributed by atoms with E-state index in [1.165, 1.54) is 11.0 Å². The number of aromatic nitrogens is 3. The number of para-hydroxylation sites is 1. The summed E-state index contributed by atoms with van der Waals surface area (Å²) >= 11 is 0. The van der Waals surface area contributed by atoms with E-state index in [0.29, 0.717) is 18.8 Å². The van der Waals surface area contributed by atoms with E-state index in [1.807, 2.05) is 44.2 Å². The average Bonchev–Trinajstić information content (AvgIpc) is 2.93. The number of carbonyl (C=O) groups excluding carboxylic acids is 1. The zero-order chi connectivity index (χ0) is 15.0. The molecule has 1 aromatic heterocycles. The number of hydrogen-bond donors (Lipinski definition) is 1. The third kappa shape index (κ3) is 2.42. The molecule has 0 saturated carbocycles. The zero-order valence-corrected chi connectivity index (χ0v) is 12.1. The molecule has 1 N–H and O–H groups in total. The predicted octanol–water partition coefficient (Wildman–Crippen LogP) is 1.11. The summed E-state index contributed by atoms with van der Waals surface area (Å²) in [5.41, 5.74) is 0.328. The van der Waals surface area contributed by atoms with Crippen LogP contribution in [0.1, 0.15) is 24.3 Å².